The summed E-state index contributed by atoms with van der Waals surface area (Å²) in [5.74, 6) is 0.370. The molecule has 2 aromatic heterocycles. The zero-order valence-electron chi connectivity index (χ0n) is 12.3. The molecule has 3 rings (SSSR count). The van der Waals surface area contributed by atoms with Gasteiger partial charge >= 0.3 is 0 Å². The fourth-order valence-electron chi connectivity index (χ4n) is 2.15. The molecule has 0 saturated carbocycles. The van der Waals surface area contributed by atoms with Crippen molar-refractivity contribution in [3.63, 3.8) is 0 Å². The van der Waals surface area contributed by atoms with Crippen molar-refractivity contribution < 1.29 is 4.79 Å². The lowest BCUT2D eigenvalue weighted by Crippen LogP contribution is -2.12. The summed E-state index contributed by atoms with van der Waals surface area (Å²) >= 11 is 0. The van der Waals surface area contributed by atoms with Crippen LogP contribution in [0.4, 0.5) is 5.82 Å². The Morgan fingerprint density at radius 3 is 2.71 bits per heavy atom. The van der Waals surface area contributed by atoms with Crippen LogP contribution in [0.5, 0.6) is 0 Å². The molecule has 0 unspecified atom stereocenters. The number of rotatable bonds is 2. The number of anilines is 1. The standard InChI is InChI=1S/C16H18N4O/c1-16(2,3)13-9-14(20-19-13)18-15(21)11-5-4-10-6-7-17-12(10)8-11/h4-9,17H,1-3H3,(H2,18,19,20,21). The van der Waals surface area contributed by atoms with Crippen LogP contribution in [-0.4, -0.2) is 21.1 Å². The first-order valence-corrected chi connectivity index (χ1v) is 6.88. The van der Waals surface area contributed by atoms with Gasteiger partial charge in [0.05, 0.1) is 0 Å². The number of aromatic nitrogens is 3. The van der Waals surface area contributed by atoms with Gasteiger partial charge in [0.25, 0.3) is 5.91 Å². The van der Waals surface area contributed by atoms with Crippen LogP contribution in [0.3, 0.4) is 0 Å². The molecule has 2 heterocycles. The van der Waals surface area contributed by atoms with Crippen molar-refractivity contribution in [2.75, 3.05) is 5.32 Å². The number of carbonyl (C=O) groups excluding carboxylic acids is 1. The molecular formula is C16H18N4O. The van der Waals surface area contributed by atoms with Crippen LogP contribution in [0.2, 0.25) is 0 Å². The molecule has 5 nitrogen and oxygen atoms in total. The van der Waals surface area contributed by atoms with Crippen molar-refractivity contribution in [3.05, 3.63) is 47.8 Å². The van der Waals surface area contributed by atoms with Gasteiger partial charge in [-0.05, 0) is 23.6 Å². The molecule has 0 radical (unpaired) electrons. The number of amides is 1. The predicted octanol–water partition coefficient (Wildman–Crippen LogP) is 3.44. The third-order valence-electron chi connectivity index (χ3n) is 3.44. The molecule has 1 aromatic carbocycles. The van der Waals surface area contributed by atoms with Gasteiger partial charge < -0.3 is 10.3 Å². The smallest absolute Gasteiger partial charge is 0.256 e. The van der Waals surface area contributed by atoms with Gasteiger partial charge in [-0.25, -0.2) is 0 Å². The zero-order valence-corrected chi connectivity index (χ0v) is 12.3. The van der Waals surface area contributed by atoms with Crippen LogP contribution >= 0.6 is 0 Å². The highest BCUT2D eigenvalue weighted by Crippen LogP contribution is 2.22. The molecule has 108 valence electrons. The van der Waals surface area contributed by atoms with E-state index in [1.807, 2.05) is 36.5 Å². The fraction of sp³-hybridized carbons (Fsp3) is 0.250. The van der Waals surface area contributed by atoms with E-state index in [9.17, 15) is 4.79 Å². The fourth-order valence-corrected chi connectivity index (χ4v) is 2.15. The molecule has 0 bridgehead atoms. The lowest BCUT2D eigenvalue weighted by molar-refractivity contribution is 0.102. The number of nitrogens with one attached hydrogen (secondary N) is 3. The molecule has 0 aliphatic rings. The first kappa shape index (κ1) is 13.4. The Bertz CT molecular complexity index is 792. The minimum atomic E-state index is -0.168. The van der Waals surface area contributed by atoms with E-state index in [2.05, 4.69) is 41.3 Å². The highest BCUT2D eigenvalue weighted by Gasteiger charge is 2.17. The Balaban J connectivity index is 1.81. The van der Waals surface area contributed by atoms with Gasteiger partial charge in [-0.15, -0.1) is 0 Å². The van der Waals surface area contributed by atoms with E-state index in [-0.39, 0.29) is 11.3 Å². The van der Waals surface area contributed by atoms with Crippen molar-refractivity contribution in [2.24, 2.45) is 0 Å². The van der Waals surface area contributed by atoms with Crippen molar-refractivity contribution in [3.8, 4) is 0 Å². The Kier molecular flexibility index (Phi) is 3.05. The molecule has 0 saturated heterocycles. The molecule has 0 aliphatic heterocycles. The van der Waals surface area contributed by atoms with E-state index in [0.717, 1.165) is 16.6 Å². The molecule has 0 fully saturated rings. The third-order valence-corrected chi connectivity index (χ3v) is 3.44. The monoisotopic (exact) mass is 282 g/mol. The first-order chi connectivity index (χ1) is 9.93. The van der Waals surface area contributed by atoms with Crippen LogP contribution in [0, 0.1) is 0 Å². The SMILES string of the molecule is CC(C)(C)c1cc(NC(=O)c2ccc3cc[nH]c3c2)n[nH]1. The van der Waals surface area contributed by atoms with E-state index < -0.39 is 0 Å². The molecule has 1 amide bonds. The minimum Gasteiger partial charge on any atom is -0.361 e. The number of aromatic amines is 2. The van der Waals surface area contributed by atoms with E-state index in [4.69, 9.17) is 0 Å². The zero-order chi connectivity index (χ0) is 15.0. The van der Waals surface area contributed by atoms with Crippen molar-refractivity contribution in [1.82, 2.24) is 15.2 Å². The van der Waals surface area contributed by atoms with Gasteiger partial charge in [0.15, 0.2) is 5.82 Å². The third kappa shape index (κ3) is 2.67. The summed E-state index contributed by atoms with van der Waals surface area (Å²) in [6.07, 6.45) is 1.86. The quantitative estimate of drug-likeness (QED) is 0.673. The molecule has 0 atom stereocenters. The summed E-state index contributed by atoms with van der Waals surface area (Å²) in [6, 6.07) is 9.40. The summed E-state index contributed by atoms with van der Waals surface area (Å²) < 4.78 is 0. The van der Waals surface area contributed by atoms with Crippen molar-refractivity contribution in [1.29, 1.82) is 0 Å². The van der Waals surface area contributed by atoms with Crippen molar-refractivity contribution >= 4 is 22.6 Å². The molecule has 5 heteroatoms. The number of H-pyrrole nitrogens is 2. The van der Waals surface area contributed by atoms with Gasteiger partial charge in [-0.2, -0.15) is 5.10 Å². The molecule has 21 heavy (non-hydrogen) atoms. The predicted molar refractivity (Wildman–Crippen MR) is 83.5 cm³/mol. The maximum absolute atomic E-state index is 12.3. The average Bonchev–Trinajstić information content (AvgIpc) is 3.04. The molecule has 3 aromatic rings. The summed E-state index contributed by atoms with van der Waals surface area (Å²) in [5, 5.41) is 11.0. The Hall–Kier alpha value is -2.56. The first-order valence-electron chi connectivity index (χ1n) is 6.88. The Morgan fingerprint density at radius 2 is 2.00 bits per heavy atom. The van der Waals surface area contributed by atoms with Crippen LogP contribution in [0.1, 0.15) is 36.8 Å². The minimum absolute atomic E-state index is 0.0286. The molecule has 0 spiro atoms. The number of hydrogen-bond acceptors (Lipinski definition) is 2. The maximum Gasteiger partial charge on any atom is 0.256 e. The van der Waals surface area contributed by atoms with E-state index >= 15 is 0 Å². The highest BCUT2D eigenvalue weighted by atomic mass is 16.1. The second-order valence-electron chi connectivity index (χ2n) is 6.15. The Morgan fingerprint density at radius 1 is 1.19 bits per heavy atom. The van der Waals surface area contributed by atoms with Crippen LogP contribution in [0.25, 0.3) is 10.9 Å². The van der Waals surface area contributed by atoms with Crippen molar-refractivity contribution in [2.45, 2.75) is 26.2 Å². The maximum atomic E-state index is 12.3. The average molecular weight is 282 g/mol. The van der Waals surface area contributed by atoms with E-state index in [1.54, 1.807) is 0 Å². The van der Waals surface area contributed by atoms with Crippen LogP contribution < -0.4 is 5.32 Å². The summed E-state index contributed by atoms with van der Waals surface area (Å²) in [6.45, 7) is 6.27. The van der Waals surface area contributed by atoms with Gasteiger partial charge in [0, 0.05) is 34.5 Å². The topological polar surface area (TPSA) is 73.6 Å². The number of nitrogens with zero attached hydrogens (tertiary/aromatic N) is 1. The normalized spacial score (nSPS) is 11.8. The number of benzene rings is 1. The summed E-state index contributed by atoms with van der Waals surface area (Å²) in [7, 11) is 0. The van der Waals surface area contributed by atoms with Gasteiger partial charge in [0.1, 0.15) is 0 Å². The van der Waals surface area contributed by atoms with Gasteiger partial charge in [0.2, 0.25) is 0 Å². The molecular weight excluding hydrogens is 264 g/mol. The lowest BCUT2D eigenvalue weighted by atomic mass is 9.92. The highest BCUT2D eigenvalue weighted by molar-refractivity contribution is 6.05. The summed E-state index contributed by atoms with van der Waals surface area (Å²) in [5.41, 5.74) is 2.50. The lowest BCUT2D eigenvalue weighted by Gasteiger charge is -2.14. The van der Waals surface area contributed by atoms with Gasteiger partial charge in [-0.3, -0.25) is 9.89 Å². The van der Waals surface area contributed by atoms with E-state index in [1.165, 1.54) is 0 Å². The van der Waals surface area contributed by atoms with Crippen LogP contribution in [0.15, 0.2) is 36.5 Å². The largest absolute Gasteiger partial charge is 0.361 e. The number of hydrogen-bond donors (Lipinski definition) is 3. The number of carbonyl (C=O) groups is 1. The number of fused-ring (bicyclic) bond motifs is 1. The van der Waals surface area contributed by atoms with Crippen LogP contribution in [-0.2, 0) is 5.41 Å². The second-order valence-corrected chi connectivity index (χ2v) is 6.15. The summed E-state index contributed by atoms with van der Waals surface area (Å²) in [4.78, 5) is 15.4. The van der Waals surface area contributed by atoms with E-state index in [0.29, 0.717) is 11.4 Å². The van der Waals surface area contributed by atoms with Gasteiger partial charge in [-0.1, -0.05) is 26.8 Å². The molecule has 0 aliphatic carbocycles. The Labute approximate surface area is 122 Å². The molecule has 3 N–H and O–H groups in total. The second kappa shape index (κ2) is 4.77.